The van der Waals surface area contributed by atoms with Gasteiger partial charge in [-0.1, -0.05) is 56.7 Å². The number of hydrogen-bond donors (Lipinski definition) is 1. The molecule has 0 saturated carbocycles. The lowest BCUT2D eigenvalue weighted by Gasteiger charge is -2.41. The number of rotatable bonds is 4. The third-order valence-corrected chi connectivity index (χ3v) is 8.91. The van der Waals surface area contributed by atoms with Crippen molar-refractivity contribution in [1.82, 2.24) is 9.22 Å². The Morgan fingerprint density at radius 1 is 1.00 bits per heavy atom. The normalized spacial score (nSPS) is 14.3. The second-order valence-corrected chi connectivity index (χ2v) is 15.1. The molecule has 1 aliphatic rings. The number of hydrogen-bond acceptors (Lipinski definition) is 1. The van der Waals surface area contributed by atoms with Gasteiger partial charge in [0, 0.05) is 34.1 Å². The number of benzene rings is 2. The third kappa shape index (κ3) is 3.71. The lowest BCUT2D eigenvalue weighted by Crippen LogP contribution is -2.61. The van der Waals surface area contributed by atoms with Crippen molar-refractivity contribution in [2.24, 2.45) is 5.41 Å². The minimum atomic E-state index is -2.00. The van der Waals surface area contributed by atoms with Gasteiger partial charge >= 0.3 is 0 Å². The molecule has 1 N–H and O–H groups in total. The van der Waals surface area contributed by atoms with Crippen LogP contribution in [-0.2, 0) is 6.42 Å². The van der Waals surface area contributed by atoms with Crippen LogP contribution in [0.25, 0.3) is 22.2 Å². The van der Waals surface area contributed by atoms with Crippen molar-refractivity contribution in [3.05, 3.63) is 59.2 Å². The van der Waals surface area contributed by atoms with E-state index in [9.17, 15) is 0 Å². The molecule has 0 aliphatic heterocycles. The zero-order valence-electron chi connectivity index (χ0n) is 19.4. The maximum atomic E-state index is 4.16. The highest BCUT2D eigenvalue weighted by Gasteiger charge is 2.38. The minimum absolute atomic E-state index is 0.0836. The summed E-state index contributed by atoms with van der Waals surface area (Å²) < 4.78 is 2.70. The molecule has 3 aromatic rings. The maximum Gasteiger partial charge on any atom is 0.231 e. The van der Waals surface area contributed by atoms with E-state index in [0.717, 1.165) is 12.8 Å². The Labute approximate surface area is 177 Å². The Morgan fingerprint density at radius 2 is 1.69 bits per heavy atom. The number of fused-ring (bicyclic) bond motifs is 5. The topological polar surface area (TPSA) is 17.0 Å². The Bertz CT molecular complexity index is 1080. The van der Waals surface area contributed by atoms with E-state index < -0.39 is 8.40 Å². The van der Waals surface area contributed by atoms with E-state index in [1.807, 2.05) is 0 Å². The molecule has 2 nitrogen and oxygen atoms in total. The SMILES string of the molecule is Cc1ccc2c(c1)c1c(n2[Si](C)(C)NC(C)(C)CC(C)(C)C)-c2ccccc2C1. The predicted octanol–water partition coefficient (Wildman–Crippen LogP) is 6.88. The molecule has 0 amide bonds. The molecule has 0 spiro atoms. The standard InChI is InChI=1S/C26H36N2Si/c1-18-13-14-23-21(15-18)22-16-19-11-9-10-12-20(19)24(22)28(23)29(7,8)27-26(5,6)17-25(2,3)4/h9-15,27H,16-17H2,1-8H3. The van der Waals surface area contributed by atoms with E-state index in [4.69, 9.17) is 0 Å². The highest BCUT2D eigenvalue weighted by atomic mass is 28.3. The Balaban J connectivity index is 1.90. The summed E-state index contributed by atoms with van der Waals surface area (Å²) >= 11 is 0. The van der Waals surface area contributed by atoms with Crippen molar-refractivity contribution < 1.29 is 0 Å². The first-order valence-corrected chi connectivity index (χ1v) is 13.8. The van der Waals surface area contributed by atoms with E-state index in [1.54, 1.807) is 0 Å². The van der Waals surface area contributed by atoms with Crippen LogP contribution in [0.4, 0.5) is 0 Å². The summed E-state index contributed by atoms with van der Waals surface area (Å²) in [5, 5.41) is 1.44. The Hall–Kier alpha value is -1.84. The number of aromatic nitrogens is 1. The average molecular weight is 405 g/mol. The van der Waals surface area contributed by atoms with Crippen LogP contribution in [0.15, 0.2) is 42.5 Å². The minimum Gasteiger partial charge on any atom is -0.354 e. The summed E-state index contributed by atoms with van der Waals surface area (Å²) in [6.45, 7) is 18.9. The second kappa shape index (κ2) is 6.58. The summed E-state index contributed by atoms with van der Waals surface area (Å²) in [4.78, 5) is 4.16. The predicted molar refractivity (Wildman–Crippen MR) is 129 cm³/mol. The van der Waals surface area contributed by atoms with Crippen molar-refractivity contribution in [3.8, 4) is 11.3 Å². The summed E-state index contributed by atoms with van der Waals surface area (Å²) in [6, 6.07) is 16.0. The molecule has 154 valence electrons. The molecule has 0 unspecified atom stereocenters. The molecule has 1 aliphatic carbocycles. The second-order valence-electron chi connectivity index (χ2n) is 11.3. The molecular formula is C26H36N2Si. The van der Waals surface area contributed by atoms with Crippen molar-refractivity contribution in [3.63, 3.8) is 0 Å². The van der Waals surface area contributed by atoms with Crippen molar-refractivity contribution in [1.29, 1.82) is 0 Å². The molecule has 0 atom stereocenters. The average Bonchev–Trinajstić information content (AvgIpc) is 3.06. The molecule has 0 fully saturated rings. The zero-order chi connectivity index (χ0) is 21.2. The Morgan fingerprint density at radius 3 is 2.38 bits per heavy atom. The van der Waals surface area contributed by atoms with Gasteiger partial charge in [-0.2, -0.15) is 0 Å². The molecule has 0 bridgehead atoms. The van der Waals surface area contributed by atoms with Crippen LogP contribution in [0.1, 0.15) is 57.7 Å². The van der Waals surface area contributed by atoms with Crippen LogP contribution >= 0.6 is 0 Å². The van der Waals surface area contributed by atoms with Gasteiger partial charge in [0.15, 0.2) is 0 Å². The van der Waals surface area contributed by atoms with Crippen LogP contribution in [0.3, 0.4) is 0 Å². The van der Waals surface area contributed by atoms with Crippen molar-refractivity contribution in [2.45, 2.75) is 73.0 Å². The fraction of sp³-hybridized carbons (Fsp3) is 0.462. The van der Waals surface area contributed by atoms with E-state index >= 15 is 0 Å². The lowest BCUT2D eigenvalue weighted by molar-refractivity contribution is 0.267. The van der Waals surface area contributed by atoms with E-state index in [0.29, 0.717) is 5.41 Å². The van der Waals surface area contributed by atoms with Crippen LogP contribution in [0, 0.1) is 12.3 Å². The van der Waals surface area contributed by atoms with Crippen LogP contribution < -0.4 is 4.98 Å². The summed E-state index contributed by atoms with van der Waals surface area (Å²) in [6.07, 6.45) is 2.20. The number of nitrogens with one attached hydrogen (secondary N) is 1. The van der Waals surface area contributed by atoms with Gasteiger partial charge < -0.3 is 9.22 Å². The molecule has 1 aromatic heterocycles. The molecule has 3 heteroatoms. The van der Waals surface area contributed by atoms with Gasteiger partial charge in [0.25, 0.3) is 0 Å². The van der Waals surface area contributed by atoms with Crippen LogP contribution in [0.5, 0.6) is 0 Å². The van der Waals surface area contributed by atoms with Crippen molar-refractivity contribution >= 4 is 19.3 Å². The molecule has 2 aromatic carbocycles. The fourth-order valence-corrected chi connectivity index (χ4v) is 9.33. The summed E-state index contributed by atoms with van der Waals surface area (Å²) in [5.74, 6) is 0. The van der Waals surface area contributed by atoms with Gasteiger partial charge in [0.05, 0.1) is 0 Å². The van der Waals surface area contributed by atoms with Gasteiger partial charge in [-0.15, -0.1) is 0 Å². The molecule has 0 radical (unpaired) electrons. The highest BCUT2D eigenvalue weighted by molar-refractivity contribution is 6.75. The van der Waals surface area contributed by atoms with Gasteiger partial charge in [-0.3, -0.25) is 0 Å². The summed E-state index contributed by atoms with van der Waals surface area (Å²) in [5.41, 5.74) is 8.98. The number of nitrogens with zero attached hydrogens (tertiary/aromatic N) is 1. The first-order chi connectivity index (χ1) is 13.4. The maximum absolute atomic E-state index is 4.16. The fourth-order valence-electron chi connectivity index (χ4n) is 5.86. The monoisotopic (exact) mass is 404 g/mol. The smallest absolute Gasteiger partial charge is 0.231 e. The number of aryl methyl sites for hydroxylation is 1. The quantitative estimate of drug-likeness (QED) is 0.367. The molecule has 1 heterocycles. The molecule has 4 rings (SSSR count). The van der Waals surface area contributed by atoms with Crippen LogP contribution in [0.2, 0.25) is 13.1 Å². The first-order valence-electron chi connectivity index (χ1n) is 10.9. The zero-order valence-corrected chi connectivity index (χ0v) is 20.4. The largest absolute Gasteiger partial charge is 0.354 e. The van der Waals surface area contributed by atoms with E-state index in [-0.39, 0.29) is 5.54 Å². The molecule has 29 heavy (non-hydrogen) atoms. The molecular weight excluding hydrogens is 368 g/mol. The van der Waals surface area contributed by atoms with Gasteiger partial charge in [0.1, 0.15) is 0 Å². The van der Waals surface area contributed by atoms with Gasteiger partial charge in [0.2, 0.25) is 8.40 Å². The summed E-state index contributed by atoms with van der Waals surface area (Å²) in [7, 11) is -2.00. The first kappa shape index (κ1) is 20.4. The highest BCUT2D eigenvalue weighted by Crippen LogP contribution is 2.44. The van der Waals surface area contributed by atoms with E-state index in [1.165, 1.54) is 38.9 Å². The Kier molecular flexibility index (Phi) is 4.64. The van der Waals surface area contributed by atoms with Crippen molar-refractivity contribution in [2.75, 3.05) is 0 Å². The molecule has 0 saturated heterocycles. The van der Waals surface area contributed by atoms with Gasteiger partial charge in [-0.25, -0.2) is 0 Å². The van der Waals surface area contributed by atoms with Crippen LogP contribution in [-0.4, -0.2) is 18.2 Å². The third-order valence-electron chi connectivity index (χ3n) is 6.04. The lowest BCUT2D eigenvalue weighted by atomic mass is 9.82. The van der Waals surface area contributed by atoms with Gasteiger partial charge in [-0.05, 0) is 69.0 Å². The van der Waals surface area contributed by atoms with E-state index in [2.05, 4.69) is 106 Å².